The Kier molecular flexibility index (Phi) is 3.63. The highest BCUT2D eigenvalue weighted by molar-refractivity contribution is 6.06. The highest BCUT2D eigenvalue weighted by Gasteiger charge is 2.02. The number of rotatable bonds is 3. The smallest absolute Gasteiger partial charge is 0.185 e. The van der Waals surface area contributed by atoms with Crippen LogP contribution in [0.1, 0.15) is 15.9 Å². The predicted molar refractivity (Wildman–Crippen MR) is 66.2 cm³/mol. The average molecular weight is 244 g/mol. The Bertz CT molecular complexity index is 586. The predicted octanol–water partition coefficient (Wildman–Crippen LogP) is 3.86. The number of hydrogen-bond donors (Lipinski definition) is 0. The van der Waals surface area contributed by atoms with Gasteiger partial charge in [0, 0.05) is 11.1 Å². The van der Waals surface area contributed by atoms with E-state index < -0.39 is 5.82 Å². The standard InChI is InChI=1S/C15H10F2O/c16-13-8-5-12(6-9-13)15(18)10-7-11-3-1-2-4-14(11)17/h1-10H. The number of benzene rings is 2. The molecule has 0 saturated carbocycles. The third kappa shape index (κ3) is 2.88. The molecule has 0 amide bonds. The Balaban J connectivity index is 2.17. The maximum absolute atomic E-state index is 13.3. The van der Waals surface area contributed by atoms with Crippen molar-refractivity contribution in [3.05, 3.63) is 77.4 Å². The summed E-state index contributed by atoms with van der Waals surface area (Å²) >= 11 is 0. The molecule has 0 atom stereocenters. The van der Waals surface area contributed by atoms with Crippen molar-refractivity contribution in [1.82, 2.24) is 0 Å². The van der Waals surface area contributed by atoms with Crippen LogP contribution in [0, 0.1) is 11.6 Å². The second-order valence-electron chi connectivity index (χ2n) is 3.73. The van der Waals surface area contributed by atoms with E-state index in [4.69, 9.17) is 0 Å². The van der Waals surface area contributed by atoms with Crippen LogP contribution in [0.5, 0.6) is 0 Å². The Morgan fingerprint density at radius 2 is 1.61 bits per heavy atom. The molecular formula is C15H10F2O. The fourth-order valence-electron chi connectivity index (χ4n) is 1.49. The summed E-state index contributed by atoms with van der Waals surface area (Å²) in [5.74, 6) is -1.08. The van der Waals surface area contributed by atoms with E-state index in [1.54, 1.807) is 18.2 Å². The molecule has 0 heterocycles. The molecule has 1 nitrogen and oxygen atoms in total. The molecule has 90 valence electrons. The first-order valence-corrected chi connectivity index (χ1v) is 5.39. The van der Waals surface area contributed by atoms with Crippen molar-refractivity contribution in [2.75, 3.05) is 0 Å². The van der Waals surface area contributed by atoms with E-state index >= 15 is 0 Å². The summed E-state index contributed by atoms with van der Waals surface area (Å²) in [6, 6.07) is 11.4. The lowest BCUT2D eigenvalue weighted by Gasteiger charge is -1.97. The minimum Gasteiger partial charge on any atom is -0.289 e. The van der Waals surface area contributed by atoms with E-state index in [0.717, 1.165) is 0 Å². The molecule has 0 fully saturated rings. The minimum atomic E-state index is -0.398. The van der Waals surface area contributed by atoms with Gasteiger partial charge in [0.1, 0.15) is 11.6 Å². The molecule has 0 N–H and O–H groups in total. The highest BCUT2D eigenvalue weighted by Crippen LogP contribution is 2.10. The lowest BCUT2D eigenvalue weighted by Crippen LogP contribution is -1.94. The summed E-state index contributed by atoms with van der Waals surface area (Å²) in [5.41, 5.74) is 0.706. The zero-order valence-corrected chi connectivity index (χ0v) is 9.44. The van der Waals surface area contributed by atoms with E-state index in [9.17, 15) is 13.6 Å². The van der Waals surface area contributed by atoms with Gasteiger partial charge in [0.05, 0.1) is 0 Å². The first kappa shape index (κ1) is 12.2. The van der Waals surface area contributed by atoms with E-state index in [1.807, 2.05) is 0 Å². The Morgan fingerprint density at radius 1 is 0.944 bits per heavy atom. The van der Waals surface area contributed by atoms with Crippen molar-refractivity contribution in [1.29, 1.82) is 0 Å². The monoisotopic (exact) mass is 244 g/mol. The minimum absolute atomic E-state index is 0.293. The molecule has 0 aromatic heterocycles. The van der Waals surface area contributed by atoms with Gasteiger partial charge in [-0.1, -0.05) is 18.2 Å². The van der Waals surface area contributed by atoms with Gasteiger partial charge in [0.2, 0.25) is 0 Å². The molecule has 0 aliphatic heterocycles. The molecule has 0 spiro atoms. The van der Waals surface area contributed by atoms with Crippen molar-refractivity contribution < 1.29 is 13.6 Å². The summed E-state index contributed by atoms with van der Waals surface area (Å²) in [5, 5.41) is 0. The topological polar surface area (TPSA) is 17.1 Å². The average Bonchev–Trinajstić information content (AvgIpc) is 2.38. The lowest BCUT2D eigenvalue weighted by molar-refractivity contribution is 0.104. The maximum atomic E-state index is 13.3. The summed E-state index contributed by atoms with van der Waals surface area (Å²) in [6.07, 6.45) is 2.67. The van der Waals surface area contributed by atoms with E-state index in [1.165, 1.54) is 42.5 Å². The van der Waals surface area contributed by atoms with Crippen molar-refractivity contribution >= 4 is 11.9 Å². The molecular weight excluding hydrogens is 234 g/mol. The molecule has 0 aliphatic carbocycles. The van der Waals surface area contributed by atoms with Crippen LogP contribution in [0.3, 0.4) is 0 Å². The summed E-state index contributed by atoms with van der Waals surface area (Å²) < 4.78 is 26.0. The zero-order valence-electron chi connectivity index (χ0n) is 9.44. The molecule has 0 unspecified atom stereocenters. The van der Waals surface area contributed by atoms with Gasteiger partial charge >= 0.3 is 0 Å². The van der Waals surface area contributed by atoms with Crippen molar-refractivity contribution in [3.8, 4) is 0 Å². The van der Waals surface area contributed by atoms with Gasteiger partial charge in [-0.2, -0.15) is 0 Å². The van der Waals surface area contributed by atoms with Gasteiger partial charge in [-0.3, -0.25) is 4.79 Å². The fraction of sp³-hybridized carbons (Fsp3) is 0. The zero-order chi connectivity index (χ0) is 13.0. The van der Waals surface area contributed by atoms with Gasteiger partial charge in [-0.05, 0) is 42.5 Å². The molecule has 3 heteroatoms. The van der Waals surface area contributed by atoms with Crippen molar-refractivity contribution in [2.24, 2.45) is 0 Å². The third-order valence-corrected chi connectivity index (χ3v) is 2.45. The maximum Gasteiger partial charge on any atom is 0.185 e. The van der Waals surface area contributed by atoms with Crippen LogP contribution in [0.15, 0.2) is 54.6 Å². The molecule has 0 radical (unpaired) electrons. The lowest BCUT2D eigenvalue weighted by atomic mass is 10.1. The largest absolute Gasteiger partial charge is 0.289 e. The van der Waals surface area contributed by atoms with Crippen LogP contribution in [0.2, 0.25) is 0 Å². The van der Waals surface area contributed by atoms with Crippen LogP contribution in [0.4, 0.5) is 8.78 Å². The molecule has 0 bridgehead atoms. The second kappa shape index (κ2) is 5.36. The normalized spacial score (nSPS) is 10.8. The summed E-state index contributed by atoms with van der Waals surface area (Å²) in [6.45, 7) is 0. The number of allylic oxidation sites excluding steroid dienone is 1. The van der Waals surface area contributed by atoms with E-state index in [2.05, 4.69) is 0 Å². The van der Waals surface area contributed by atoms with E-state index in [0.29, 0.717) is 11.1 Å². The van der Waals surface area contributed by atoms with Crippen LogP contribution >= 0.6 is 0 Å². The molecule has 2 rings (SSSR count). The van der Waals surface area contributed by atoms with Crippen LogP contribution in [-0.2, 0) is 0 Å². The summed E-state index contributed by atoms with van der Waals surface area (Å²) in [4.78, 5) is 11.7. The number of carbonyl (C=O) groups excluding carboxylic acids is 1. The number of ketones is 1. The molecule has 2 aromatic rings. The number of hydrogen-bond acceptors (Lipinski definition) is 1. The van der Waals surface area contributed by atoms with Gasteiger partial charge in [-0.15, -0.1) is 0 Å². The highest BCUT2D eigenvalue weighted by atomic mass is 19.1. The van der Waals surface area contributed by atoms with Gasteiger partial charge in [0.15, 0.2) is 5.78 Å². The Hall–Kier alpha value is -2.29. The van der Waals surface area contributed by atoms with Gasteiger partial charge in [0.25, 0.3) is 0 Å². The third-order valence-electron chi connectivity index (χ3n) is 2.45. The van der Waals surface area contributed by atoms with Crippen LogP contribution < -0.4 is 0 Å². The first-order chi connectivity index (χ1) is 8.66. The van der Waals surface area contributed by atoms with Crippen molar-refractivity contribution in [2.45, 2.75) is 0 Å². The molecule has 0 saturated heterocycles. The summed E-state index contributed by atoms with van der Waals surface area (Å²) in [7, 11) is 0. The quantitative estimate of drug-likeness (QED) is 0.592. The molecule has 0 aliphatic rings. The molecule has 18 heavy (non-hydrogen) atoms. The van der Waals surface area contributed by atoms with E-state index in [-0.39, 0.29) is 11.6 Å². The SMILES string of the molecule is O=C(C=Cc1ccccc1F)c1ccc(F)cc1. The fourth-order valence-corrected chi connectivity index (χ4v) is 1.49. The van der Waals surface area contributed by atoms with Crippen LogP contribution in [0.25, 0.3) is 6.08 Å². The number of halogens is 2. The van der Waals surface area contributed by atoms with Gasteiger partial charge in [-0.25, -0.2) is 8.78 Å². The Morgan fingerprint density at radius 3 is 2.28 bits per heavy atom. The van der Waals surface area contributed by atoms with Crippen LogP contribution in [-0.4, -0.2) is 5.78 Å². The first-order valence-electron chi connectivity index (χ1n) is 5.39. The number of carbonyl (C=O) groups is 1. The van der Waals surface area contributed by atoms with Crippen molar-refractivity contribution in [3.63, 3.8) is 0 Å². The second-order valence-corrected chi connectivity index (χ2v) is 3.73. The van der Waals surface area contributed by atoms with Gasteiger partial charge < -0.3 is 0 Å². The Labute approximate surface area is 103 Å². The molecule has 2 aromatic carbocycles.